The van der Waals surface area contributed by atoms with Crippen LogP contribution in [0.15, 0.2) is 41.5 Å². The second-order valence-electron chi connectivity index (χ2n) is 8.44. The number of hydrogen-bond donors (Lipinski definition) is 1. The van der Waals surface area contributed by atoms with Crippen LogP contribution in [0.1, 0.15) is 22.5 Å². The molecule has 0 atom stereocenters. The molecule has 1 fully saturated rings. The predicted octanol–water partition coefficient (Wildman–Crippen LogP) is 2.36. The summed E-state index contributed by atoms with van der Waals surface area (Å²) in [6.07, 6.45) is 1.45. The van der Waals surface area contributed by atoms with Crippen molar-refractivity contribution in [2.24, 2.45) is 0 Å². The van der Waals surface area contributed by atoms with Gasteiger partial charge in [0.2, 0.25) is 11.9 Å². The number of hydrogen-bond acceptors (Lipinski definition) is 7. The first kappa shape index (κ1) is 22.4. The number of aryl methyl sites for hydroxylation is 3. The maximum absolute atomic E-state index is 12.8. The number of piperazine rings is 1. The van der Waals surface area contributed by atoms with Crippen molar-refractivity contribution in [1.82, 2.24) is 24.4 Å². The van der Waals surface area contributed by atoms with Gasteiger partial charge in [0.25, 0.3) is 5.56 Å². The fourth-order valence-electron chi connectivity index (χ4n) is 3.75. The molecule has 0 saturated carbocycles. The van der Waals surface area contributed by atoms with E-state index in [0.29, 0.717) is 43.4 Å². The number of carbonyl (C=O) groups excluding carboxylic acids is 1. The fraction of sp³-hybridized carbons (Fsp3) is 0.375. The van der Waals surface area contributed by atoms with E-state index in [4.69, 9.17) is 0 Å². The molecule has 3 aromatic rings. The van der Waals surface area contributed by atoms with E-state index in [0.717, 1.165) is 17.2 Å². The number of benzene rings is 1. The highest BCUT2D eigenvalue weighted by Crippen LogP contribution is 2.20. The van der Waals surface area contributed by atoms with Crippen LogP contribution in [0.3, 0.4) is 0 Å². The smallest absolute Gasteiger partial charge is 0.256 e. The van der Waals surface area contributed by atoms with E-state index in [1.54, 1.807) is 18.7 Å². The van der Waals surface area contributed by atoms with Crippen molar-refractivity contribution in [3.8, 4) is 0 Å². The third kappa shape index (κ3) is 5.19. The van der Waals surface area contributed by atoms with Gasteiger partial charge in [0, 0.05) is 54.9 Å². The molecule has 3 heterocycles. The number of nitrogens with zero attached hydrogens (tertiary/aromatic N) is 6. The number of aromatic nitrogens is 4. The molecule has 33 heavy (non-hydrogen) atoms. The zero-order chi connectivity index (χ0) is 23.5. The van der Waals surface area contributed by atoms with Crippen LogP contribution in [0, 0.1) is 27.7 Å². The van der Waals surface area contributed by atoms with Crippen LogP contribution in [-0.4, -0.2) is 56.5 Å². The molecule has 9 heteroatoms. The van der Waals surface area contributed by atoms with Gasteiger partial charge in [-0.2, -0.15) is 4.98 Å². The van der Waals surface area contributed by atoms with E-state index in [9.17, 15) is 9.59 Å². The Kier molecular flexibility index (Phi) is 6.39. The Balaban J connectivity index is 1.40. The average molecular weight is 448 g/mol. The first-order valence-corrected chi connectivity index (χ1v) is 11.0. The van der Waals surface area contributed by atoms with Crippen molar-refractivity contribution < 1.29 is 4.79 Å². The number of carbonyl (C=O) groups is 1. The van der Waals surface area contributed by atoms with Gasteiger partial charge in [0.1, 0.15) is 12.4 Å². The number of rotatable bonds is 5. The molecule has 1 aliphatic heterocycles. The summed E-state index contributed by atoms with van der Waals surface area (Å²) in [4.78, 5) is 42.5. The van der Waals surface area contributed by atoms with Crippen LogP contribution in [0.2, 0.25) is 0 Å². The van der Waals surface area contributed by atoms with E-state index in [1.165, 1.54) is 16.5 Å². The van der Waals surface area contributed by atoms with Crippen molar-refractivity contribution in [1.29, 1.82) is 0 Å². The minimum absolute atomic E-state index is 0.00415. The highest BCUT2D eigenvalue weighted by Gasteiger charge is 2.23. The second kappa shape index (κ2) is 9.40. The van der Waals surface area contributed by atoms with Crippen molar-refractivity contribution in [3.63, 3.8) is 0 Å². The summed E-state index contributed by atoms with van der Waals surface area (Å²) in [5.74, 6) is 1.30. The second-order valence-corrected chi connectivity index (χ2v) is 8.44. The molecule has 172 valence electrons. The minimum Gasteiger partial charge on any atom is -0.353 e. The van der Waals surface area contributed by atoms with Crippen LogP contribution in [0.4, 0.5) is 17.5 Å². The molecule has 1 N–H and O–H groups in total. The van der Waals surface area contributed by atoms with Gasteiger partial charge in [-0.3, -0.25) is 14.2 Å². The first-order chi connectivity index (χ1) is 15.8. The van der Waals surface area contributed by atoms with Gasteiger partial charge < -0.3 is 15.1 Å². The van der Waals surface area contributed by atoms with Gasteiger partial charge in [0.15, 0.2) is 0 Å². The quantitative estimate of drug-likeness (QED) is 0.641. The number of amides is 1. The van der Waals surface area contributed by atoms with Crippen LogP contribution in [-0.2, 0) is 11.3 Å². The van der Waals surface area contributed by atoms with Crippen molar-refractivity contribution >= 4 is 23.4 Å². The molecule has 0 aliphatic carbocycles. The molecule has 0 spiro atoms. The Labute approximate surface area is 193 Å². The molecule has 9 nitrogen and oxygen atoms in total. The lowest BCUT2D eigenvalue weighted by Crippen LogP contribution is -2.50. The standard InChI is InChI=1S/C24H29N7O2/c1-16-5-7-20(8-6-16)27-24-26-17(2)13-21(28-24)29-9-11-30(12-10-29)22(32)14-31-15-25-19(4)18(3)23(31)33/h5-8,13,15H,9-12,14H2,1-4H3,(H,26,27,28). The van der Waals surface area contributed by atoms with E-state index in [-0.39, 0.29) is 18.0 Å². The van der Waals surface area contributed by atoms with Gasteiger partial charge in [-0.1, -0.05) is 17.7 Å². The molecular weight excluding hydrogens is 418 g/mol. The average Bonchev–Trinajstić information content (AvgIpc) is 2.80. The maximum atomic E-state index is 12.8. The third-order valence-electron chi connectivity index (χ3n) is 5.93. The zero-order valence-electron chi connectivity index (χ0n) is 19.5. The normalized spacial score (nSPS) is 13.8. The van der Waals surface area contributed by atoms with E-state index in [2.05, 4.69) is 25.2 Å². The first-order valence-electron chi connectivity index (χ1n) is 11.0. The van der Waals surface area contributed by atoms with Gasteiger partial charge in [-0.15, -0.1) is 0 Å². The SMILES string of the molecule is Cc1ccc(Nc2nc(C)cc(N3CCN(C(=O)Cn4cnc(C)c(C)c4=O)CC3)n2)cc1. The Hall–Kier alpha value is -3.75. The van der Waals surface area contributed by atoms with E-state index in [1.807, 2.05) is 44.2 Å². The predicted molar refractivity (Wildman–Crippen MR) is 128 cm³/mol. The van der Waals surface area contributed by atoms with E-state index >= 15 is 0 Å². The Morgan fingerprint density at radius 1 is 1.00 bits per heavy atom. The molecule has 1 aliphatic rings. The molecule has 0 radical (unpaired) electrons. The molecule has 0 bridgehead atoms. The van der Waals surface area contributed by atoms with Crippen molar-refractivity contribution in [2.45, 2.75) is 34.2 Å². The van der Waals surface area contributed by atoms with Crippen molar-refractivity contribution in [3.05, 3.63) is 69.5 Å². The Bertz CT molecular complexity index is 1210. The lowest BCUT2D eigenvalue weighted by atomic mass is 10.2. The summed E-state index contributed by atoms with van der Waals surface area (Å²) >= 11 is 0. The molecule has 1 amide bonds. The lowest BCUT2D eigenvalue weighted by molar-refractivity contribution is -0.132. The third-order valence-corrected chi connectivity index (χ3v) is 5.93. The summed E-state index contributed by atoms with van der Waals surface area (Å²) in [7, 11) is 0. The van der Waals surface area contributed by atoms with Gasteiger partial charge in [0.05, 0.1) is 6.33 Å². The largest absolute Gasteiger partial charge is 0.353 e. The van der Waals surface area contributed by atoms with Gasteiger partial charge in [-0.25, -0.2) is 9.97 Å². The van der Waals surface area contributed by atoms with Crippen LogP contribution in [0.25, 0.3) is 0 Å². The lowest BCUT2D eigenvalue weighted by Gasteiger charge is -2.35. The number of nitrogens with one attached hydrogen (secondary N) is 1. The fourth-order valence-corrected chi connectivity index (χ4v) is 3.75. The zero-order valence-corrected chi connectivity index (χ0v) is 19.5. The van der Waals surface area contributed by atoms with Crippen molar-refractivity contribution in [2.75, 3.05) is 36.4 Å². The van der Waals surface area contributed by atoms with E-state index < -0.39 is 0 Å². The van der Waals surface area contributed by atoms with Crippen LogP contribution in [0.5, 0.6) is 0 Å². The van der Waals surface area contributed by atoms with Gasteiger partial charge in [-0.05, 0) is 39.8 Å². The molecule has 1 aromatic carbocycles. The summed E-state index contributed by atoms with van der Waals surface area (Å²) < 4.78 is 1.38. The highest BCUT2D eigenvalue weighted by atomic mass is 16.2. The topological polar surface area (TPSA) is 96.3 Å². The van der Waals surface area contributed by atoms with Gasteiger partial charge >= 0.3 is 0 Å². The Morgan fingerprint density at radius 3 is 2.39 bits per heavy atom. The molecule has 0 unspecified atom stereocenters. The summed E-state index contributed by atoms with van der Waals surface area (Å²) in [6, 6.07) is 10.0. The summed E-state index contributed by atoms with van der Waals surface area (Å²) in [6.45, 7) is 9.97. The molecule has 1 saturated heterocycles. The Morgan fingerprint density at radius 2 is 1.70 bits per heavy atom. The maximum Gasteiger partial charge on any atom is 0.256 e. The van der Waals surface area contributed by atoms with Crippen LogP contribution < -0.4 is 15.8 Å². The molecule has 2 aromatic heterocycles. The van der Waals surface area contributed by atoms with Crippen LogP contribution >= 0.6 is 0 Å². The monoisotopic (exact) mass is 447 g/mol. The summed E-state index contributed by atoms with van der Waals surface area (Å²) in [5, 5.41) is 3.27. The molecular formula is C24H29N7O2. The highest BCUT2D eigenvalue weighted by molar-refractivity contribution is 5.76. The minimum atomic E-state index is -0.167. The molecule has 4 rings (SSSR count). The number of anilines is 3. The summed E-state index contributed by atoms with van der Waals surface area (Å²) in [5.41, 5.74) is 4.09.